The molecule has 20 nitrogen and oxygen atoms in total. The minimum absolute atomic E-state index is 0. The van der Waals surface area contributed by atoms with Crippen LogP contribution in [0, 0.1) is 5.95 Å². The highest BCUT2D eigenvalue weighted by Crippen LogP contribution is 2.55. The van der Waals surface area contributed by atoms with E-state index in [-0.39, 0.29) is 58.8 Å². The monoisotopic (exact) mass is 1690 g/mol. The number of hydrogen-bond donors (Lipinski definition) is 1. The van der Waals surface area contributed by atoms with Gasteiger partial charge >= 0.3 is 0 Å². The van der Waals surface area contributed by atoms with Gasteiger partial charge in [-0.3, -0.25) is 39.1 Å². The Labute approximate surface area is 696 Å². The van der Waals surface area contributed by atoms with Crippen molar-refractivity contribution in [1.82, 2.24) is 54.8 Å². The zero-order chi connectivity index (χ0) is 78.2. The molecule has 14 heterocycles. The molecule has 0 aliphatic carbocycles. The van der Waals surface area contributed by atoms with Gasteiger partial charge in [-0.2, -0.15) is 4.39 Å². The summed E-state index contributed by atoms with van der Waals surface area (Å²) in [6.07, 6.45) is 18.6. The number of piperidine rings is 4. The minimum Gasteiger partial charge on any atom is -0.478 e. The number of aromatic nitrogens is 6. The molecule has 4 amide bonds. The molecule has 10 aromatic rings. The van der Waals surface area contributed by atoms with E-state index in [2.05, 4.69) is 180 Å². The van der Waals surface area contributed by atoms with E-state index in [1.54, 1.807) is 22.1 Å². The smallest absolute Gasteiger partial charge is 0.237 e. The predicted octanol–water partition coefficient (Wildman–Crippen LogP) is 17.4. The Bertz CT molecular complexity index is 5250. The van der Waals surface area contributed by atoms with E-state index >= 15 is 0 Å². The van der Waals surface area contributed by atoms with E-state index in [4.69, 9.17) is 9.72 Å². The summed E-state index contributed by atoms with van der Waals surface area (Å²) in [6.45, 7) is 22.3. The van der Waals surface area contributed by atoms with Crippen LogP contribution in [0.15, 0.2) is 143 Å². The molecule has 1 N–H and O–H groups in total. The largest absolute Gasteiger partial charge is 0.478 e. The minimum atomic E-state index is -0.504. The highest BCUT2D eigenvalue weighted by atomic mass is 79.9. The molecule has 610 valence electrons. The summed E-state index contributed by atoms with van der Waals surface area (Å²) in [7, 11) is 11.6. The highest BCUT2D eigenvalue weighted by Gasteiger charge is 2.56. The standard InChI is InChI=1S/C29H37N5O2.C24H25FN4O.C19H22BrN3O.C16H16BrN3O.4CH4/c1-20(2)34-14-11-29(12-15-34)27-23-17-21(7-9-24(23)30-19-25(27)33(5)28(29)35)22-8-10-26(31-18-22)36-16-6-13-32(3)4;1-15(2)29-10-8-24(9-11-29)22-18-12-16(17-5-7-21(25)27-13-17)4-6-19(18)26-14-20(22)28(3)23(24)30;1-12(2)23-8-6-19(7-9-23)17-14-10-13(20)4-5-15(14)21-11-16(17)22(3)18(19)24;1-20-13-9-19-12-3-2-10(17)8-11(12)14(13)16(15(20)21)4-6-18-7-5-16;;;;/h7-10,17-20H,6,11-16H2,1-5H3;4-7,12-15H,8-11H2,1-3H3;4-5,10-12H,6-9H2,1-3H3;2-3,8-9,18H,4-7H2,1H3;4*1H4. The van der Waals surface area contributed by atoms with Gasteiger partial charge in [-0.15, -0.1) is 0 Å². The van der Waals surface area contributed by atoms with Crippen LogP contribution in [0.3, 0.4) is 0 Å². The molecule has 0 saturated carbocycles. The first-order chi connectivity index (χ1) is 53.3. The summed E-state index contributed by atoms with van der Waals surface area (Å²) in [5, 5.41) is 7.65. The number of anilines is 4. The number of halogens is 3. The molecule has 0 atom stereocenters. The predicted molar refractivity (Wildman–Crippen MR) is 475 cm³/mol. The van der Waals surface area contributed by atoms with E-state index in [0.29, 0.717) is 30.6 Å². The molecule has 6 aromatic heterocycles. The van der Waals surface area contributed by atoms with Crippen LogP contribution in [0.25, 0.3) is 65.9 Å². The summed E-state index contributed by atoms with van der Waals surface area (Å²) < 4.78 is 21.1. The van der Waals surface area contributed by atoms with E-state index in [1.165, 1.54) is 17.2 Å². The number of carbonyl (C=O) groups excluding carboxylic acids is 4. The molecule has 23 heteroatoms. The first-order valence-electron chi connectivity index (χ1n) is 39.2. The van der Waals surface area contributed by atoms with Crippen molar-refractivity contribution in [3.05, 3.63) is 171 Å². The van der Waals surface area contributed by atoms with Crippen LogP contribution < -0.4 is 29.7 Å². The van der Waals surface area contributed by atoms with Gasteiger partial charge < -0.3 is 49.3 Å². The average molecular weight is 1690 g/mol. The van der Waals surface area contributed by atoms with E-state index in [1.807, 2.05) is 111 Å². The first kappa shape index (κ1) is 87.0. The molecule has 18 rings (SSSR count). The number of amides is 4. The number of fused-ring (bicyclic) bond motifs is 16. The maximum absolute atomic E-state index is 13.7. The van der Waals surface area contributed by atoms with Crippen LogP contribution in [0.5, 0.6) is 5.88 Å². The molecule has 115 heavy (non-hydrogen) atoms. The number of likely N-dealkylation sites (N-methyl/N-ethyl adjacent to an activating group) is 4. The molecule has 4 saturated heterocycles. The van der Waals surface area contributed by atoms with Crippen molar-refractivity contribution < 1.29 is 28.3 Å². The Morgan fingerprint density at radius 3 is 1.04 bits per heavy atom. The quantitative estimate of drug-likeness (QED) is 0.100. The van der Waals surface area contributed by atoms with Crippen LogP contribution in [-0.4, -0.2) is 199 Å². The van der Waals surface area contributed by atoms with Crippen molar-refractivity contribution in [3.8, 4) is 28.1 Å². The van der Waals surface area contributed by atoms with E-state index in [0.717, 1.165) is 225 Å². The van der Waals surface area contributed by atoms with Gasteiger partial charge in [0.1, 0.15) is 0 Å². The zero-order valence-corrected chi connectivity index (χ0v) is 69.0. The Kier molecular flexibility index (Phi) is 26.3. The third-order valence-electron chi connectivity index (χ3n) is 25.3. The van der Waals surface area contributed by atoms with Gasteiger partial charge in [-0.25, -0.2) is 9.97 Å². The second-order valence-electron chi connectivity index (χ2n) is 32.5. The lowest BCUT2D eigenvalue weighted by Gasteiger charge is -2.40. The average Bonchev–Trinajstić information content (AvgIpc) is 1.59. The van der Waals surface area contributed by atoms with Crippen LogP contribution in [0.4, 0.5) is 27.1 Å². The molecule has 8 aliphatic heterocycles. The normalized spacial score (nSPS) is 18.3. The van der Waals surface area contributed by atoms with Crippen LogP contribution in [0.2, 0.25) is 0 Å². The lowest BCUT2D eigenvalue weighted by atomic mass is 9.72. The number of carbonyl (C=O) groups is 4. The van der Waals surface area contributed by atoms with E-state index < -0.39 is 22.2 Å². The summed E-state index contributed by atoms with van der Waals surface area (Å²) >= 11 is 7.12. The van der Waals surface area contributed by atoms with Crippen LogP contribution >= 0.6 is 31.9 Å². The fourth-order valence-corrected chi connectivity index (χ4v) is 19.6. The summed E-state index contributed by atoms with van der Waals surface area (Å²) in [6, 6.07) is 33.2. The van der Waals surface area contributed by atoms with E-state index in [9.17, 15) is 23.6 Å². The van der Waals surface area contributed by atoms with Gasteiger partial charge in [-0.1, -0.05) is 73.7 Å². The van der Waals surface area contributed by atoms with Crippen LogP contribution in [-0.2, 0) is 40.8 Å². The van der Waals surface area contributed by atoms with Crippen molar-refractivity contribution in [2.75, 3.05) is 127 Å². The molecule has 4 aromatic carbocycles. The van der Waals surface area contributed by atoms with Gasteiger partial charge in [0, 0.05) is 135 Å². The molecule has 0 bridgehead atoms. The van der Waals surface area contributed by atoms with Crippen molar-refractivity contribution in [1.29, 1.82) is 0 Å². The number of nitrogens with zero attached hydrogens (tertiary/aromatic N) is 14. The number of ether oxygens (including phenoxy) is 1. The van der Waals surface area contributed by atoms with Gasteiger partial charge in [0.2, 0.25) is 35.5 Å². The number of likely N-dealkylation sites (tertiary alicyclic amines) is 3. The maximum Gasteiger partial charge on any atom is 0.237 e. The zero-order valence-electron chi connectivity index (χ0n) is 65.8. The molecular weight excluding hydrogens is 1570 g/mol. The third-order valence-corrected chi connectivity index (χ3v) is 26.3. The molecule has 8 aliphatic rings. The fourth-order valence-electron chi connectivity index (χ4n) is 18.9. The number of hydrogen-bond acceptors (Lipinski definition) is 16. The molecule has 4 spiro atoms. The fraction of sp³-hybridized carbons (Fsp3) is 0.457. The SMILES string of the molecule is C.C.C.C.CC(C)N1CCC2(CC1)C(=O)N(C)c1cnc3ccc(-c4ccc(F)nc4)cc3c12.CC(C)N1CCC2(CC1)C(=O)N(C)c1cnc3ccc(-c4ccc(OCCCN(C)C)nc4)cc3c12.CC(C)N1CCC2(CC1)C(=O)N(C)c1cnc3ccc(Br)cc3c12.CN1C(=O)C2(CCNCC2)c2c1cnc1ccc(Br)cc21. The van der Waals surface area contributed by atoms with Gasteiger partial charge in [0.25, 0.3) is 0 Å². The van der Waals surface area contributed by atoms with Gasteiger partial charge in [0.15, 0.2) is 0 Å². The van der Waals surface area contributed by atoms with Crippen molar-refractivity contribution >= 4 is 122 Å². The Balaban J connectivity index is 0.000000152. The highest BCUT2D eigenvalue weighted by molar-refractivity contribution is 9.10. The number of benzene rings is 4. The van der Waals surface area contributed by atoms with Crippen molar-refractivity contribution in [2.24, 2.45) is 0 Å². The van der Waals surface area contributed by atoms with Crippen molar-refractivity contribution in [3.63, 3.8) is 0 Å². The second kappa shape index (κ2) is 34.8. The molecule has 0 radical (unpaired) electrons. The number of rotatable bonds is 10. The lowest BCUT2D eigenvalue weighted by Crippen LogP contribution is -2.49. The maximum atomic E-state index is 13.7. The Morgan fingerprint density at radius 1 is 0.417 bits per heavy atom. The summed E-state index contributed by atoms with van der Waals surface area (Å²) in [5.41, 5.74) is 14.3. The molecule has 0 unspecified atom stereocenters. The Hall–Kier alpha value is -8.81. The Morgan fingerprint density at radius 2 is 0.730 bits per heavy atom. The molecule has 4 fully saturated rings. The van der Waals surface area contributed by atoms with Gasteiger partial charge in [-0.05, 0) is 256 Å². The summed E-state index contributed by atoms with van der Waals surface area (Å²) in [4.78, 5) is 96.8. The van der Waals surface area contributed by atoms with Crippen LogP contribution in [0.1, 0.15) is 151 Å². The van der Waals surface area contributed by atoms with Crippen molar-refractivity contribution in [2.45, 2.75) is 169 Å². The second-order valence-corrected chi connectivity index (χ2v) is 34.4. The summed E-state index contributed by atoms with van der Waals surface area (Å²) in [5.74, 6) is 0.972. The van der Waals surface area contributed by atoms with Gasteiger partial charge in [0.05, 0.1) is 97.9 Å². The number of pyridine rings is 6. The topological polar surface area (TPSA) is 193 Å². The number of nitrogens with one attached hydrogen (secondary N) is 1. The first-order valence-corrected chi connectivity index (χ1v) is 40.8. The molecular formula is C92H116Br2FN15O5. The lowest BCUT2D eigenvalue weighted by molar-refractivity contribution is -0.125. The third kappa shape index (κ3) is 15.6.